The third kappa shape index (κ3) is 3.29. The van der Waals surface area contributed by atoms with E-state index in [1.165, 1.54) is 29.5 Å². The van der Waals surface area contributed by atoms with Gasteiger partial charge in [0.25, 0.3) is 0 Å². The third-order valence-corrected chi connectivity index (χ3v) is 3.75. The number of benzene rings is 1. The van der Waals surface area contributed by atoms with E-state index in [-0.39, 0.29) is 11.3 Å². The Labute approximate surface area is 124 Å². The first kappa shape index (κ1) is 14.8. The summed E-state index contributed by atoms with van der Waals surface area (Å²) in [5.41, 5.74) is 0.553. The third-order valence-electron chi connectivity index (χ3n) is 2.76. The minimum atomic E-state index is -1.28. The molecule has 0 atom stereocenters. The van der Waals surface area contributed by atoms with Crippen LogP contribution in [0.2, 0.25) is 0 Å². The minimum Gasteiger partial charge on any atom is -0.505 e. The van der Waals surface area contributed by atoms with Crippen LogP contribution in [0, 0.1) is 13.8 Å². The molecule has 0 saturated carbocycles. The van der Waals surface area contributed by atoms with Crippen molar-refractivity contribution in [2.45, 2.75) is 13.8 Å². The molecule has 21 heavy (non-hydrogen) atoms. The van der Waals surface area contributed by atoms with Crippen LogP contribution in [0.3, 0.4) is 0 Å². The number of amides is 2. The molecule has 7 nitrogen and oxygen atoms in total. The van der Waals surface area contributed by atoms with E-state index >= 15 is 0 Å². The summed E-state index contributed by atoms with van der Waals surface area (Å²) >= 11 is 1.33. The lowest BCUT2D eigenvalue weighted by atomic mass is 10.2. The summed E-state index contributed by atoms with van der Waals surface area (Å²) in [6, 6.07) is 3.46. The first-order chi connectivity index (χ1) is 9.88. The summed E-state index contributed by atoms with van der Waals surface area (Å²) < 4.78 is 0. The van der Waals surface area contributed by atoms with E-state index in [0.29, 0.717) is 5.13 Å². The Bertz CT molecular complexity index is 692. The molecular formula is C13H13N3O4S. The van der Waals surface area contributed by atoms with Crippen LogP contribution in [0.5, 0.6) is 5.75 Å². The van der Waals surface area contributed by atoms with Gasteiger partial charge in [-0.15, -0.1) is 11.3 Å². The second-order valence-electron chi connectivity index (χ2n) is 4.25. The molecule has 1 heterocycles. The highest BCUT2D eigenvalue weighted by Crippen LogP contribution is 2.28. The molecule has 0 radical (unpaired) electrons. The van der Waals surface area contributed by atoms with Gasteiger partial charge in [-0.3, -0.25) is 5.32 Å². The van der Waals surface area contributed by atoms with Gasteiger partial charge in [-0.1, -0.05) is 6.07 Å². The van der Waals surface area contributed by atoms with Crippen LogP contribution in [0.15, 0.2) is 18.2 Å². The molecule has 0 spiro atoms. The molecule has 4 N–H and O–H groups in total. The van der Waals surface area contributed by atoms with Gasteiger partial charge >= 0.3 is 12.0 Å². The fourth-order valence-electron chi connectivity index (χ4n) is 1.59. The molecule has 0 aliphatic heterocycles. The lowest BCUT2D eigenvalue weighted by Gasteiger charge is -2.09. The number of rotatable bonds is 3. The number of nitrogens with zero attached hydrogens (tertiary/aromatic N) is 1. The van der Waals surface area contributed by atoms with E-state index in [1.807, 2.05) is 13.8 Å². The number of anilines is 2. The van der Waals surface area contributed by atoms with Crippen molar-refractivity contribution in [3.63, 3.8) is 0 Å². The Hall–Kier alpha value is -2.61. The van der Waals surface area contributed by atoms with Crippen molar-refractivity contribution < 1.29 is 19.8 Å². The van der Waals surface area contributed by atoms with E-state index in [1.54, 1.807) is 0 Å². The summed E-state index contributed by atoms with van der Waals surface area (Å²) in [7, 11) is 0. The zero-order valence-corrected chi connectivity index (χ0v) is 12.1. The summed E-state index contributed by atoms with van der Waals surface area (Å²) in [6.07, 6.45) is 0. The fourth-order valence-corrected chi connectivity index (χ4v) is 2.40. The average Bonchev–Trinajstić information content (AvgIpc) is 2.70. The Morgan fingerprint density at radius 3 is 2.52 bits per heavy atom. The Kier molecular flexibility index (Phi) is 4.08. The van der Waals surface area contributed by atoms with Crippen molar-refractivity contribution in [1.29, 1.82) is 0 Å². The lowest BCUT2D eigenvalue weighted by Crippen LogP contribution is -2.19. The molecule has 0 unspecified atom stereocenters. The van der Waals surface area contributed by atoms with Crippen LogP contribution in [0.1, 0.15) is 20.9 Å². The largest absolute Gasteiger partial charge is 0.505 e. The zero-order valence-electron chi connectivity index (χ0n) is 11.3. The maximum absolute atomic E-state index is 11.8. The number of urea groups is 1. The number of nitrogens with one attached hydrogen (secondary N) is 2. The number of carboxylic acid groups (broad SMARTS) is 1. The standard InChI is InChI=1S/C13H13N3O4S/c1-6-7(2)21-13(14-6)16-12(20)15-9-5-3-4-8(10(9)17)11(18)19/h3-5,17H,1-2H3,(H,18,19)(H2,14,15,16,20). The molecule has 110 valence electrons. The summed E-state index contributed by atoms with van der Waals surface area (Å²) in [6.45, 7) is 3.72. The van der Waals surface area contributed by atoms with Crippen LogP contribution < -0.4 is 10.6 Å². The molecule has 0 aliphatic carbocycles. The number of hydrogen-bond acceptors (Lipinski definition) is 5. The molecule has 8 heteroatoms. The van der Waals surface area contributed by atoms with Crippen molar-refractivity contribution in [1.82, 2.24) is 4.98 Å². The van der Waals surface area contributed by atoms with Gasteiger partial charge in [-0.05, 0) is 26.0 Å². The lowest BCUT2D eigenvalue weighted by molar-refractivity contribution is 0.0694. The van der Waals surface area contributed by atoms with Crippen LogP contribution in [0.4, 0.5) is 15.6 Å². The SMILES string of the molecule is Cc1nc(NC(=O)Nc2cccc(C(=O)O)c2O)sc1C. The predicted octanol–water partition coefficient (Wildman–Crippen LogP) is 2.81. The average molecular weight is 307 g/mol. The van der Waals surface area contributed by atoms with Crippen molar-refractivity contribution >= 4 is 34.2 Å². The molecule has 2 amide bonds. The quantitative estimate of drug-likeness (QED) is 0.651. The molecule has 1 aromatic carbocycles. The van der Waals surface area contributed by atoms with Crippen molar-refractivity contribution in [3.05, 3.63) is 34.3 Å². The number of para-hydroxylation sites is 1. The van der Waals surface area contributed by atoms with Gasteiger partial charge in [0.1, 0.15) is 5.56 Å². The number of phenols is 1. The Morgan fingerprint density at radius 1 is 1.24 bits per heavy atom. The normalized spacial score (nSPS) is 10.2. The monoisotopic (exact) mass is 307 g/mol. The minimum absolute atomic E-state index is 0.0115. The number of aromatic carboxylic acids is 1. The van der Waals surface area contributed by atoms with E-state index in [0.717, 1.165) is 10.6 Å². The van der Waals surface area contributed by atoms with E-state index in [4.69, 9.17) is 5.11 Å². The van der Waals surface area contributed by atoms with Crippen LogP contribution >= 0.6 is 11.3 Å². The molecular weight excluding hydrogens is 294 g/mol. The number of aryl methyl sites for hydroxylation is 2. The van der Waals surface area contributed by atoms with Crippen LogP contribution in [0.25, 0.3) is 0 Å². The maximum atomic E-state index is 11.8. The topological polar surface area (TPSA) is 112 Å². The van der Waals surface area contributed by atoms with Crippen molar-refractivity contribution in [2.75, 3.05) is 10.6 Å². The number of carbonyl (C=O) groups excluding carboxylic acids is 1. The highest BCUT2D eigenvalue weighted by atomic mass is 32.1. The van der Waals surface area contributed by atoms with E-state index in [2.05, 4.69) is 15.6 Å². The number of thiazole rings is 1. The Morgan fingerprint density at radius 2 is 1.95 bits per heavy atom. The zero-order chi connectivity index (χ0) is 15.6. The van der Waals surface area contributed by atoms with Gasteiger partial charge in [-0.25, -0.2) is 14.6 Å². The van der Waals surface area contributed by atoms with Gasteiger partial charge in [-0.2, -0.15) is 0 Å². The van der Waals surface area contributed by atoms with Gasteiger partial charge in [0.05, 0.1) is 11.4 Å². The van der Waals surface area contributed by atoms with E-state index < -0.39 is 17.7 Å². The fraction of sp³-hybridized carbons (Fsp3) is 0.154. The van der Waals surface area contributed by atoms with Gasteiger partial charge in [0.15, 0.2) is 10.9 Å². The van der Waals surface area contributed by atoms with Crippen molar-refractivity contribution in [3.8, 4) is 5.75 Å². The Balaban J connectivity index is 2.13. The highest BCUT2D eigenvalue weighted by molar-refractivity contribution is 7.15. The second-order valence-corrected chi connectivity index (χ2v) is 5.45. The molecule has 0 bridgehead atoms. The second kappa shape index (κ2) is 5.80. The summed E-state index contributed by atoms with van der Waals surface area (Å²) in [4.78, 5) is 27.9. The van der Waals surface area contributed by atoms with Crippen LogP contribution in [-0.4, -0.2) is 27.2 Å². The molecule has 0 saturated heterocycles. The predicted molar refractivity (Wildman–Crippen MR) is 79.3 cm³/mol. The smallest absolute Gasteiger partial charge is 0.339 e. The summed E-state index contributed by atoms with van der Waals surface area (Å²) in [5.74, 6) is -1.77. The van der Waals surface area contributed by atoms with Gasteiger partial charge in [0, 0.05) is 4.88 Å². The number of carbonyl (C=O) groups is 2. The maximum Gasteiger partial charge on any atom is 0.339 e. The molecule has 1 aromatic heterocycles. The van der Waals surface area contributed by atoms with E-state index in [9.17, 15) is 14.7 Å². The highest BCUT2D eigenvalue weighted by Gasteiger charge is 2.15. The van der Waals surface area contributed by atoms with Gasteiger partial charge in [0.2, 0.25) is 0 Å². The number of hydrogen-bond donors (Lipinski definition) is 4. The number of aromatic hydroxyl groups is 1. The molecule has 2 rings (SSSR count). The van der Waals surface area contributed by atoms with Crippen molar-refractivity contribution in [2.24, 2.45) is 0 Å². The number of carboxylic acids is 1. The molecule has 0 aliphatic rings. The van der Waals surface area contributed by atoms with Gasteiger partial charge < -0.3 is 15.5 Å². The van der Waals surface area contributed by atoms with Crippen LogP contribution in [-0.2, 0) is 0 Å². The summed E-state index contributed by atoms with van der Waals surface area (Å²) in [5, 5.41) is 24.0. The molecule has 2 aromatic rings. The number of aromatic nitrogens is 1. The first-order valence-corrected chi connectivity index (χ1v) is 6.77. The first-order valence-electron chi connectivity index (χ1n) is 5.95. The molecule has 0 fully saturated rings.